The van der Waals surface area contributed by atoms with E-state index in [4.69, 9.17) is 0 Å². The van der Waals surface area contributed by atoms with Gasteiger partial charge in [-0.1, -0.05) is 12.1 Å². The third kappa shape index (κ3) is 8.25. The number of esters is 1. The van der Waals surface area contributed by atoms with Gasteiger partial charge in [0, 0.05) is 43.1 Å². The van der Waals surface area contributed by atoms with Crippen molar-refractivity contribution in [3.8, 4) is 0 Å². The molecule has 0 amide bonds. The number of carbonyl (C=O) groups is 1. The molecule has 8 heteroatoms. The molecule has 2 rings (SSSR count). The molecule has 1 unspecified atom stereocenters. The number of para-hydroxylation sites is 1. The molecule has 1 fully saturated rings. The lowest BCUT2D eigenvalue weighted by Gasteiger charge is -2.21. The fourth-order valence-corrected chi connectivity index (χ4v) is 3.53. The first-order valence-electron chi connectivity index (χ1n) is 9.25. The standard InChI is InChI=1S/C19H29BrN4O2.HI/c1-3-21-19(22-12-7-6-10-18(25)26-2)23-15-11-13-24(14-15)17-9-5-4-8-16(17)20;/h4-5,8-9,15H,3,6-7,10-14H2,1-2H3,(H2,21,22,23);1H. The van der Waals surface area contributed by atoms with Gasteiger partial charge in [-0.15, -0.1) is 24.0 Å². The van der Waals surface area contributed by atoms with Crippen molar-refractivity contribution in [2.45, 2.75) is 38.6 Å². The van der Waals surface area contributed by atoms with Gasteiger partial charge in [0.25, 0.3) is 0 Å². The Morgan fingerprint density at radius 2 is 2.15 bits per heavy atom. The molecule has 1 aromatic carbocycles. The number of rotatable bonds is 8. The van der Waals surface area contributed by atoms with Crippen LogP contribution in [0.2, 0.25) is 0 Å². The van der Waals surface area contributed by atoms with Crippen LogP contribution in [0.5, 0.6) is 0 Å². The van der Waals surface area contributed by atoms with Gasteiger partial charge in [-0.2, -0.15) is 0 Å². The molecule has 2 N–H and O–H groups in total. The fraction of sp³-hybridized carbons (Fsp3) is 0.579. The first-order chi connectivity index (χ1) is 12.6. The number of carbonyl (C=O) groups excluding carboxylic acids is 1. The molecule has 0 saturated carbocycles. The summed E-state index contributed by atoms with van der Waals surface area (Å²) < 4.78 is 5.78. The van der Waals surface area contributed by atoms with Gasteiger partial charge in [-0.05, 0) is 54.2 Å². The molecule has 1 saturated heterocycles. The summed E-state index contributed by atoms with van der Waals surface area (Å²) >= 11 is 3.64. The van der Waals surface area contributed by atoms with E-state index in [0.717, 1.165) is 49.3 Å². The maximum absolute atomic E-state index is 11.1. The average molecular weight is 553 g/mol. The number of halogens is 2. The van der Waals surface area contributed by atoms with Crippen molar-refractivity contribution in [1.29, 1.82) is 0 Å². The largest absolute Gasteiger partial charge is 0.469 e. The Balaban J connectivity index is 0.00000364. The lowest BCUT2D eigenvalue weighted by atomic mass is 10.2. The first kappa shape index (κ1) is 24.0. The van der Waals surface area contributed by atoms with Gasteiger partial charge in [0.05, 0.1) is 12.8 Å². The highest BCUT2D eigenvalue weighted by atomic mass is 127. The Bertz CT molecular complexity index is 615. The van der Waals surface area contributed by atoms with Crippen molar-refractivity contribution >= 4 is 57.5 Å². The molecule has 1 atom stereocenters. The Kier molecular flexibility index (Phi) is 11.7. The van der Waals surface area contributed by atoms with E-state index >= 15 is 0 Å². The smallest absolute Gasteiger partial charge is 0.305 e. The minimum Gasteiger partial charge on any atom is -0.469 e. The first-order valence-corrected chi connectivity index (χ1v) is 10.0. The number of hydrogen-bond acceptors (Lipinski definition) is 4. The molecule has 152 valence electrons. The molecule has 0 aliphatic carbocycles. The topological polar surface area (TPSA) is 66.0 Å². The second-order valence-electron chi connectivity index (χ2n) is 6.32. The van der Waals surface area contributed by atoms with Crippen molar-refractivity contribution in [2.24, 2.45) is 4.99 Å². The van der Waals surface area contributed by atoms with Crippen molar-refractivity contribution in [1.82, 2.24) is 10.6 Å². The van der Waals surface area contributed by atoms with Gasteiger partial charge < -0.3 is 20.3 Å². The summed E-state index contributed by atoms with van der Waals surface area (Å²) in [4.78, 5) is 18.1. The summed E-state index contributed by atoms with van der Waals surface area (Å²) in [5.41, 5.74) is 1.24. The monoisotopic (exact) mass is 552 g/mol. The number of nitrogens with one attached hydrogen (secondary N) is 2. The highest BCUT2D eigenvalue weighted by Crippen LogP contribution is 2.28. The third-order valence-electron chi connectivity index (χ3n) is 4.35. The quantitative estimate of drug-likeness (QED) is 0.170. The van der Waals surface area contributed by atoms with Crippen LogP contribution >= 0.6 is 39.9 Å². The Hall–Kier alpha value is -1.03. The highest BCUT2D eigenvalue weighted by molar-refractivity contribution is 14.0. The van der Waals surface area contributed by atoms with Crippen LogP contribution in [0.1, 0.15) is 32.6 Å². The van der Waals surface area contributed by atoms with Gasteiger partial charge in [0.1, 0.15) is 0 Å². The summed E-state index contributed by atoms with van der Waals surface area (Å²) in [7, 11) is 1.42. The maximum atomic E-state index is 11.1. The van der Waals surface area contributed by atoms with Crippen LogP contribution in [0.25, 0.3) is 0 Å². The molecule has 0 aromatic heterocycles. The number of methoxy groups -OCH3 is 1. The van der Waals surface area contributed by atoms with Crippen LogP contribution in [-0.4, -0.2) is 51.3 Å². The van der Waals surface area contributed by atoms with E-state index < -0.39 is 0 Å². The molecule has 1 aromatic rings. The van der Waals surface area contributed by atoms with Crippen LogP contribution < -0.4 is 15.5 Å². The Morgan fingerprint density at radius 3 is 2.85 bits per heavy atom. The zero-order valence-corrected chi connectivity index (χ0v) is 20.0. The van der Waals surface area contributed by atoms with E-state index in [-0.39, 0.29) is 29.9 Å². The lowest BCUT2D eigenvalue weighted by Crippen LogP contribution is -2.44. The predicted molar refractivity (Wildman–Crippen MR) is 125 cm³/mol. The minimum absolute atomic E-state index is 0. The third-order valence-corrected chi connectivity index (χ3v) is 5.02. The molecular weight excluding hydrogens is 523 g/mol. The van der Waals surface area contributed by atoms with E-state index in [1.54, 1.807) is 0 Å². The zero-order chi connectivity index (χ0) is 18.8. The van der Waals surface area contributed by atoms with Crippen LogP contribution in [0.4, 0.5) is 5.69 Å². The van der Waals surface area contributed by atoms with Gasteiger partial charge >= 0.3 is 5.97 Å². The zero-order valence-electron chi connectivity index (χ0n) is 16.0. The SMILES string of the molecule is CCNC(=NCCCCC(=O)OC)NC1CCN(c2ccccc2Br)C1.I. The van der Waals surface area contributed by atoms with Crippen molar-refractivity contribution < 1.29 is 9.53 Å². The van der Waals surface area contributed by atoms with Gasteiger partial charge in [0.2, 0.25) is 0 Å². The summed E-state index contributed by atoms with van der Waals surface area (Å²) in [5.74, 6) is 0.696. The van der Waals surface area contributed by atoms with Crippen LogP contribution in [0.15, 0.2) is 33.7 Å². The number of nitrogens with zero attached hydrogens (tertiary/aromatic N) is 2. The molecule has 1 heterocycles. The maximum Gasteiger partial charge on any atom is 0.305 e. The fourth-order valence-electron chi connectivity index (χ4n) is 2.99. The van der Waals surface area contributed by atoms with E-state index in [9.17, 15) is 4.79 Å². The molecule has 0 radical (unpaired) electrons. The summed E-state index contributed by atoms with van der Waals surface area (Å²) in [5, 5.41) is 6.84. The van der Waals surface area contributed by atoms with Crippen LogP contribution in [-0.2, 0) is 9.53 Å². The summed E-state index contributed by atoms with van der Waals surface area (Å²) in [6.07, 6.45) is 3.21. The Labute approximate surface area is 187 Å². The minimum atomic E-state index is -0.155. The molecule has 6 nitrogen and oxygen atoms in total. The number of benzene rings is 1. The Morgan fingerprint density at radius 1 is 1.37 bits per heavy atom. The summed E-state index contributed by atoms with van der Waals surface area (Å²) in [6.45, 7) is 5.58. The second-order valence-corrected chi connectivity index (χ2v) is 7.18. The number of guanidine groups is 1. The van der Waals surface area contributed by atoms with Crippen LogP contribution in [0.3, 0.4) is 0 Å². The van der Waals surface area contributed by atoms with Crippen molar-refractivity contribution in [3.05, 3.63) is 28.7 Å². The molecule has 1 aliphatic rings. The summed E-state index contributed by atoms with van der Waals surface area (Å²) in [6, 6.07) is 8.70. The number of unbranched alkanes of at least 4 members (excludes halogenated alkanes) is 1. The molecular formula is C19H30BrIN4O2. The molecule has 0 bridgehead atoms. The number of anilines is 1. The lowest BCUT2D eigenvalue weighted by molar-refractivity contribution is -0.140. The second kappa shape index (κ2) is 13.2. The number of hydrogen-bond donors (Lipinski definition) is 2. The molecule has 0 spiro atoms. The van der Waals surface area contributed by atoms with E-state index in [2.05, 4.69) is 66.3 Å². The van der Waals surface area contributed by atoms with Crippen LogP contribution in [0, 0.1) is 0 Å². The number of ether oxygens (including phenoxy) is 1. The normalized spacial score (nSPS) is 16.6. The van der Waals surface area contributed by atoms with Gasteiger partial charge in [-0.3, -0.25) is 9.79 Å². The van der Waals surface area contributed by atoms with Gasteiger partial charge in [-0.25, -0.2) is 0 Å². The van der Waals surface area contributed by atoms with Gasteiger partial charge in [0.15, 0.2) is 5.96 Å². The highest BCUT2D eigenvalue weighted by Gasteiger charge is 2.24. The predicted octanol–water partition coefficient (Wildman–Crippen LogP) is 3.54. The molecule has 27 heavy (non-hydrogen) atoms. The van der Waals surface area contributed by atoms with Crippen molar-refractivity contribution in [3.63, 3.8) is 0 Å². The van der Waals surface area contributed by atoms with E-state index in [1.165, 1.54) is 12.8 Å². The number of aliphatic imine (C=N–C) groups is 1. The average Bonchev–Trinajstić information content (AvgIpc) is 3.10. The molecule has 1 aliphatic heterocycles. The van der Waals surface area contributed by atoms with Crippen molar-refractivity contribution in [2.75, 3.05) is 38.2 Å². The van der Waals surface area contributed by atoms with E-state index in [1.807, 2.05) is 6.07 Å². The van der Waals surface area contributed by atoms with E-state index in [0.29, 0.717) is 19.0 Å².